The minimum absolute atomic E-state index is 0.0425. The summed E-state index contributed by atoms with van der Waals surface area (Å²) >= 11 is 6.10. The minimum Gasteiger partial charge on any atom is -0.490 e. The summed E-state index contributed by atoms with van der Waals surface area (Å²) in [6.07, 6.45) is 6.82. The molecule has 1 aliphatic carbocycles. The zero-order valence-corrected chi connectivity index (χ0v) is 12.4. The topological polar surface area (TPSA) is 38.7 Å². The molecule has 2 aliphatic rings. The number of hydrogen-bond donors (Lipinski definition) is 1. The van der Waals surface area contributed by atoms with Crippen LogP contribution in [0.5, 0.6) is 5.75 Å². The molecule has 0 aromatic heterocycles. The molecule has 110 valence electrons. The first-order valence-electron chi connectivity index (χ1n) is 7.41. The van der Waals surface area contributed by atoms with Gasteiger partial charge in [-0.2, -0.15) is 0 Å². The van der Waals surface area contributed by atoms with Crippen molar-refractivity contribution < 1.29 is 14.6 Å². The van der Waals surface area contributed by atoms with Gasteiger partial charge in [0.1, 0.15) is 11.9 Å². The highest BCUT2D eigenvalue weighted by Gasteiger charge is 2.40. The molecule has 1 aromatic carbocycles. The second-order valence-corrected chi connectivity index (χ2v) is 6.25. The molecule has 3 nitrogen and oxygen atoms in total. The highest BCUT2D eigenvalue weighted by molar-refractivity contribution is 6.31. The highest BCUT2D eigenvalue weighted by atomic mass is 35.5. The van der Waals surface area contributed by atoms with Gasteiger partial charge in [0.05, 0.1) is 18.8 Å². The van der Waals surface area contributed by atoms with Crippen LogP contribution < -0.4 is 4.74 Å². The Bertz CT molecular complexity index is 469. The molecular formula is C16H21ClO3. The summed E-state index contributed by atoms with van der Waals surface area (Å²) < 4.78 is 12.1. The maximum Gasteiger partial charge on any atom is 0.126 e. The van der Waals surface area contributed by atoms with Crippen LogP contribution in [0.1, 0.15) is 44.1 Å². The molecular weight excluding hydrogens is 276 g/mol. The van der Waals surface area contributed by atoms with Crippen LogP contribution in [-0.4, -0.2) is 23.4 Å². The Morgan fingerprint density at radius 2 is 2.15 bits per heavy atom. The van der Waals surface area contributed by atoms with Crippen LogP contribution in [0.4, 0.5) is 0 Å². The summed E-state index contributed by atoms with van der Waals surface area (Å²) in [7, 11) is 0. The van der Waals surface area contributed by atoms with E-state index in [1.807, 2.05) is 12.1 Å². The maximum atomic E-state index is 9.44. The lowest BCUT2D eigenvalue weighted by Gasteiger charge is -2.38. The summed E-state index contributed by atoms with van der Waals surface area (Å²) in [5.74, 6) is 0.708. The normalized spacial score (nSPS) is 25.0. The molecule has 20 heavy (non-hydrogen) atoms. The molecule has 3 rings (SSSR count). The van der Waals surface area contributed by atoms with E-state index in [1.165, 1.54) is 12.8 Å². The van der Waals surface area contributed by atoms with Gasteiger partial charge in [0.2, 0.25) is 0 Å². The first-order chi connectivity index (χ1) is 9.72. The lowest BCUT2D eigenvalue weighted by atomic mass is 9.90. The van der Waals surface area contributed by atoms with E-state index in [9.17, 15) is 5.11 Å². The molecule has 0 amide bonds. The van der Waals surface area contributed by atoms with Crippen LogP contribution in [0.15, 0.2) is 18.2 Å². The van der Waals surface area contributed by atoms with E-state index in [4.69, 9.17) is 21.1 Å². The Labute approximate surface area is 124 Å². The Hall–Kier alpha value is -0.770. The lowest BCUT2D eigenvalue weighted by molar-refractivity contribution is -0.108. The molecule has 4 heteroatoms. The van der Waals surface area contributed by atoms with Gasteiger partial charge in [0.15, 0.2) is 0 Å². The van der Waals surface area contributed by atoms with E-state index in [2.05, 4.69) is 0 Å². The Balaban J connectivity index is 1.73. The molecule has 1 heterocycles. The first kappa shape index (κ1) is 14.2. The number of aliphatic hydroxyl groups is 1. The van der Waals surface area contributed by atoms with Gasteiger partial charge in [-0.15, -0.1) is 0 Å². The number of hydrogen-bond acceptors (Lipinski definition) is 3. The fourth-order valence-corrected chi connectivity index (χ4v) is 3.66. The molecule has 0 bridgehead atoms. The summed E-state index contributed by atoms with van der Waals surface area (Å²) in [5.41, 5.74) is 0.724. The molecule has 1 aromatic rings. The Morgan fingerprint density at radius 1 is 1.35 bits per heavy atom. The van der Waals surface area contributed by atoms with E-state index in [1.54, 1.807) is 6.07 Å². The van der Waals surface area contributed by atoms with Gasteiger partial charge in [-0.3, -0.25) is 0 Å². The van der Waals surface area contributed by atoms with E-state index < -0.39 is 0 Å². The van der Waals surface area contributed by atoms with Crippen molar-refractivity contribution in [2.75, 3.05) is 6.61 Å². The van der Waals surface area contributed by atoms with Crippen molar-refractivity contribution in [3.8, 4) is 5.75 Å². The van der Waals surface area contributed by atoms with Gasteiger partial charge in [-0.1, -0.05) is 30.5 Å². The number of halogens is 1. The van der Waals surface area contributed by atoms with Crippen LogP contribution in [0.25, 0.3) is 0 Å². The molecule has 1 saturated carbocycles. The third-order valence-electron chi connectivity index (χ3n) is 4.49. The van der Waals surface area contributed by atoms with Gasteiger partial charge >= 0.3 is 0 Å². The number of aliphatic hydroxyl groups excluding tert-OH is 1. The molecule has 1 atom stereocenters. The third-order valence-corrected chi connectivity index (χ3v) is 4.84. The quantitative estimate of drug-likeness (QED) is 0.924. The monoisotopic (exact) mass is 296 g/mol. The Kier molecular flexibility index (Phi) is 4.20. The molecule has 1 N–H and O–H groups in total. The van der Waals surface area contributed by atoms with Gasteiger partial charge < -0.3 is 14.6 Å². The zero-order chi connectivity index (χ0) is 14.0. The number of ether oxygens (including phenoxy) is 2. The predicted octanol–water partition coefficient (Wildman–Crippen LogP) is 3.70. The van der Waals surface area contributed by atoms with Gasteiger partial charge in [-0.25, -0.2) is 0 Å². The number of rotatable bonds is 3. The van der Waals surface area contributed by atoms with Crippen LogP contribution >= 0.6 is 11.6 Å². The van der Waals surface area contributed by atoms with Crippen molar-refractivity contribution in [3.05, 3.63) is 28.8 Å². The summed E-state index contributed by atoms with van der Waals surface area (Å²) in [6.45, 7) is 0.670. The van der Waals surface area contributed by atoms with Crippen molar-refractivity contribution >= 4 is 11.6 Å². The fraction of sp³-hybridized carbons (Fsp3) is 0.625. The fourth-order valence-electron chi connectivity index (χ4n) is 3.43. The van der Waals surface area contributed by atoms with E-state index in [0.717, 1.165) is 32.3 Å². The first-order valence-corrected chi connectivity index (χ1v) is 7.79. The second-order valence-electron chi connectivity index (χ2n) is 5.85. The molecule has 1 aliphatic heterocycles. The van der Waals surface area contributed by atoms with Gasteiger partial charge in [-0.05, 0) is 25.0 Å². The van der Waals surface area contributed by atoms with Crippen LogP contribution in [0.2, 0.25) is 5.02 Å². The summed E-state index contributed by atoms with van der Waals surface area (Å²) in [5, 5.41) is 10.0. The SMILES string of the molecule is OCc1c(Cl)cccc1OC1CCOC2(CCCC2)C1. The predicted molar refractivity (Wildman–Crippen MR) is 78.2 cm³/mol. The van der Waals surface area contributed by atoms with Crippen LogP contribution in [0.3, 0.4) is 0 Å². The summed E-state index contributed by atoms with van der Waals surface area (Å²) in [6, 6.07) is 5.53. The minimum atomic E-state index is -0.0939. The average molecular weight is 297 g/mol. The van der Waals surface area contributed by atoms with Crippen molar-refractivity contribution in [1.29, 1.82) is 0 Å². The van der Waals surface area contributed by atoms with Crippen molar-refractivity contribution in [1.82, 2.24) is 0 Å². The third kappa shape index (κ3) is 2.80. The second kappa shape index (κ2) is 5.92. The van der Waals surface area contributed by atoms with Crippen molar-refractivity contribution in [2.24, 2.45) is 0 Å². The average Bonchev–Trinajstić information content (AvgIpc) is 2.87. The standard InChI is InChI=1S/C16H21ClO3/c17-14-4-3-5-15(13(14)11-18)20-12-6-9-19-16(10-12)7-1-2-8-16/h3-5,12,18H,1-2,6-11H2. The highest BCUT2D eigenvalue weighted by Crippen LogP contribution is 2.41. The van der Waals surface area contributed by atoms with Crippen molar-refractivity contribution in [3.63, 3.8) is 0 Å². The van der Waals surface area contributed by atoms with E-state index in [-0.39, 0.29) is 18.3 Å². The maximum absolute atomic E-state index is 9.44. The molecule has 1 unspecified atom stereocenters. The van der Waals surface area contributed by atoms with E-state index in [0.29, 0.717) is 16.3 Å². The Morgan fingerprint density at radius 3 is 2.90 bits per heavy atom. The smallest absolute Gasteiger partial charge is 0.126 e. The molecule has 1 spiro atoms. The number of benzene rings is 1. The molecule has 1 saturated heterocycles. The van der Waals surface area contributed by atoms with Crippen molar-refractivity contribution in [2.45, 2.75) is 56.8 Å². The van der Waals surface area contributed by atoms with E-state index >= 15 is 0 Å². The molecule has 2 fully saturated rings. The lowest BCUT2D eigenvalue weighted by Crippen LogP contribution is -2.41. The zero-order valence-electron chi connectivity index (χ0n) is 11.6. The summed E-state index contributed by atoms with van der Waals surface area (Å²) in [4.78, 5) is 0. The van der Waals surface area contributed by atoms with Crippen LogP contribution in [0, 0.1) is 0 Å². The van der Waals surface area contributed by atoms with Gasteiger partial charge in [0, 0.05) is 23.4 Å². The van der Waals surface area contributed by atoms with Gasteiger partial charge in [0.25, 0.3) is 0 Å². The van der Waals surface area contributed by atoms with Crippen LogP contribution in [-0.2, 0) is 11.3 Å². The molecule has 0 radical (unpaired) electrons. The largest absolute Gasteiger partial charge is 0.490 e.